The maximum absolute atomic E-state index is 12.6. The van der Waals surface area contributed by atoms with Crippen LogP contribution in [0, 0.1) is 0 Å². The molecule has 23 heavy (non-hydrogen) atoms. The van der Waals surface area contributed by atoms with Crippen molar-refractivity contribution >= 4 is 29.0 Å². The molecule has 1 aliphatic rings. The predicted octanol–water partition coefficient (Wildman–Crippen LogP) is 1.51. The van der Waals surface area contributed by atoms with Crippen LogP contribution in [-0.4, -0.2) is 55.0 Å². The third-order valence-electron chi connectivity index (χ3n) is 4.09. The van der Waals surface area contributed by atoms with E-state index in [2.05, 4.69) is 15.2 Å². The van der Waals surface area contributed by atoms with Crippen molar-refractivity contribution in [1.82, 2.24) is 24.6 Å². The van der Waals surface area contributed by atoms with E-state index in [1.807, 2.05) is 28.2 Å². The van der Waals surface area contributed by atoms with Gasteiger partial charge in [-0.05, 0) is 19.1 Å². The van der Waals surface area contributed by atoms with Crippen molar-refractivity contribution in [2.45, 2.75) is 29.7 Å². The van der Waals surface area contributed by atoms with E-state index >= 15 is 0 Å². The lowest BCUT2D eigenvalue weighted by molar-refractivity contribution is 0.0697. The van der Waals surface area contributed by atoms with Crippen LogP contribution in [0.3, 0.4) is 0 Å². The van der Waals surface area contributed by atoms with Gasteiger partial charge in [-0.15, -0.1) is 21.5 Å². The monoisotopic (exact) mass is 353 g/mol. The minimum Gasteiger partial charge on any atom is -0.388 e. The van der Waals surface area contributed by atoms with Gasteiger partial charge in [0.2, 0.25) is 0 Å². The number of aromatic nitrogens is 4. The fraction of sp³-hybridized carbons (Fsp3) is 0.571. The highest BCUT2D eigenvalue weighted by molar-refractivity contribution is 8.00. The molecule has 3 heterocycles. The summed E-state index contributed by atoms with van der Waals surface area (Å²) in [5.41, 5.74) is 0.522. The van der Waals surface area contributed by atoms with Gasteiger partial charge < -0.3 is 14.6 Å². The van der Waals surface area contributed by atoms with Crippen LogP contribution in [0.1, 0.15) is 40.9 Å². The molecule has 1 aliphatic heterocycles. The summed E-state index contributed by atoms with van der Waals surface area (Å²) in [5, 5.41) is 19.3. The Hall–Kier alpha value is -1.45. The highest BCUT2D eigenvalue weighted by Crippen LogP contribution is 2.27. The fourth-order valence-electron chi connectivity index (χ4n) is 2.85. The average molecular weight is 353 g/mol. The summed E-state index contributed by atoms with van der Waals surface area (Å²) in [5.74, 6) is 1.50. The molecule has 3 rings (SSSR count). The molecule has 0 aliphatic carbocycles. The van der Waals surface area contributed by atoms with E-state index in [0.29, 0.717) is 18.1 Å². The number of aliphatic hydroxyl groups excluding tert-OH is 1. The summed E-state index contributed by atoms with van der Waals surface area (Å²) in [7, 11) is 1.85. The van der Waals surface area contributed by atoms with Crippen LogP contribution >= 0.6 is 23.1 Å². The Morgan fingerprint density at radius 2 is 2.35 bits per heavy atom. The topological polar surface area (TPSA) is 84.1 Å². The second-order valence-electron chi connectivity index (χ2n) is 5.48. The zero-order valence-electron chi connectivity index (χ0n) is 13.1. The molecule has 1 N–H and O–H groups in total. The number of hydrogen-bond acceptors (Lipinski definition) is 7. The molecule has 2 aromatic rings. The van der Waals surface area contributed by atoms with Gasteiger partial charge in [0.1, 0.15) is 22.5 Å². The molecule has 1 amide bonds. The average Bonchev–Trinajstić information content (AvgIpc) is 3.20. The first kappa shape index (κ1) is 16.4. The minimum absolute atomic E-state index is 0.0178. The van der Waals surface area contributed by atoms with E-state index in [4.69, 9.17) is 0 Å². The quantitative estimate of drug-likeness (QED) is 0.839. The van der Waals surface area contributed by atoms with Crippen LogP contribution in [0.15, 0.2) is 9.72 Å². The molecule has 9 heteroatoms. The summed E-state index contributed by atoms with van der Waals surface area (Å²) >= 11 is 3.05. The number of carbonyl (C=O) groups excluding carboxylic acids is 1. The minimum atomic E-state index is -0.130. The maximum Gasteiger partial charge on any atom is 0.273 e. The molecule has 2 aromatic heterocycles. The number of thioether (sulfide) groups is 1. The van der Waals surface area contributed by atoms with Gasteiger partial charge in [0, 0.05) is 31.4 Å². The van der Waals surface area contributed by atoms with E-state index in [9.17, 15) is 9.90 Å². The van der Waals surface area contributed by atoms with E-state index in [1.165, 1.54) is 11.3 Å². The van der Waals surface area contributed by atoms with Crippen molar-refractivity contribution in [3.8, 4) is 0 Å². The smallest absolute Gasteiger partial charge is 0.273 e. The SMILES string of the molecule is CSc1nc(C(=O)N2CCC[C@@H](c3nnc(CO)n3C)C2)cs1. The number of piperidine rings is 1. The zero-order chi connectivity index (χ0) is 16.4. The van der Waals surface area contributed by atoms with Crippen LogP contribution < -0.4 is 0 Å². The van der Waals surface area contributed by atoms with Crippen LogP contribution in [0.5, 0.6) is 0 Å². The van der Waals surface area contributed by atoms with Crippen LogP contribution in [0.2, 0.25) is 0 Å². The predicted molar refractivity (Wildman–Crippen MR) is 88.7 cm³/mol. The summed E-state index contributed by atoms with van der Waals surface area (Å²) in [4.78, 5) is 18.8. The first-order chi connectivity index (χ1) is 11.1. The Kier molecular flexibility index (Phi) is 4.98. The third kappa shape index (κ3) is 3.26. The van der Waals surface area contributed by atoms with Crippen LogP contribution in [0.4, 0.5) is 0 Å². The molecule has 0 bridgehead atoms. The Bertz CT molecular complexity index is 699. The summed E-state index contributed by atoms with van der Waals surface area (Å²) in [6.45, 7) is 1.23. The Morgan fingerprint density at radius 1 is 1.52 bits per heavy atom. The Balaban J connectivity index is 1.75. The molecule has 1 saturated heterocycles. The molecule has 7 nitrogen and oxygen atoms in total. The number of aliphatic hydroxyl groups is 1. The largest absolute Gasteiger partial charge is 0.388 e. The first-order valence-electron chi connectivity index (χ1n) is 7.41. The molecule has 124 valence electrons. The van der Waals surface area contributed by atoms with Gasteiger partial charge in [-0.2, -0.15) is 0 Å². The molecule has 0 unspecified atom stereocenters. The number of likely N-dealkylation sites (tertiary alicyclic amines) is 1. The summed E-state index contributed by atoms with van der Waals surface area (Å²) < 4.78 is 2.73. The zero-order valence-corrected chi connectivity index (χ0v) is 14.7. The van der Waals surface area contributed by atoms with E-state index < -0.39 is 0 Å². The molecule has 1 atom stereocenters. The number of nitrogens with zero attached hydrogens (tertiary/aromatic N) is 5. The Morgan fingerprint density at radius 3 is 3.00 bits per heavy atom. The maximum atomic E-state index is 12.6. The number of rotatable bonds is 4. The lowest BCUT2D eigenvalue weighted by Crippen LogP contribution is -2.39. The highest BCUT2D eigenvalue weighted by atomic mass is 32.2. The van der Waals surface area contributed by atoms with Crippen LogP contribution in [-0.2, 0) is 13.7 Å². The molecule has 1 fully saturated rings. The normalized spacial score (nSPS) is 18.4. The lowest BCUT2D eigenvalue weighted by Gasteiger charge is -2.31. The van der Waals surface area contributed by atoms with E-state index in [0.717, 1.165) is 29.6 Å². The standard InChI is InChI=1S/C14H19N5O2S2/c1-18-11(7-20)16-17-12(18)9-4-3-5-19(6-9)13(21)10-8-23-14(15-10)22-2/h8-9,20H,3-7H2,1-2H3/t9-/m1/s1. The van der Waals surface area contributed by atoms with Crippen molar-refractivity contribution in [1.29, 1.82) is 0 Å². The molecular weight excluding hydrogens is 334 g/mol. The molecule has 0 saturated carbocycles. The van der Waals surface area contributed by atoms with Crippen LogP contribution in [0.25, 0.3) is 0 Å². The van der Waals surface area contributed by atoms with Crippen molar-refractivity contribution in [2.75, 3.05) is 19.3 Å². The molecular formula is C14H19N5O2S2. The number of thiazole rings is 1. The highest BCUT2D eigenvalue weighted by Gasteiger charge is 2.29. The van der Waals surface area contributed by atoms with Gasteiger partial charge in [-0.1, -0.05) is 11.8 Å². The summed E-state index contributed by atoms with van der Waals surface area (Å²) in [6, 6.07) is 0. The number of carbonyl (C=O) groups is 1. The third-order valence-corrected chi connectivity index (χ3v) is 5.95. The lowest BCUT2D eigenvalue weighted by atomic mass is 9.97. The molecule has 0 aromatic carbocycles. The van der Waals surface area contributed by atoms with Gasteiger partial charge in [0.05, 0.1) is 0 Å². The van der Waals surface area contributed by atoms with Gasteiger partial charge in [0.15, 0.2) is 5.82 Å². The van der Waals surface area contributed by atoms with Gasteiger partial charge in [-0.3, -0.25) is 4.79 Å². The van der Waals surface area contributed by atoms with Gasteiger partial charge in [-0.25, -0.2) is 4.98 Å². The Labute approximate surface area is 142 Å². The van der Waals surface area contributed by atoms with E-state index in [-0.39, 0.29) is 18.4 Å². The fourth-order valence-corrected chi connectivity index (χ4v) is 4.09. The van der Waals surface area contributed by atoms with Crippen molar-refractivity contribution in [3.63, 3.8) is 0 Å². The second kappa shape index (κ2) is 6.98. The first-order valence-corrected chi connectivity index (χ1v) is 9.52. The molecule has 0 radical (unpaired) electrons. The van der Waals surface area contributed by atoms with Crippen molar-refractivity contribution < 1.29 is 9.90 Å². The number of amides is 1. The second-order valence-corrected chi connectivity index (χ2v) is 7.40. The van der Waals surface area contributed by atoms with E-state index in [1.54, 1.807) is 11.8 Å². The number of hydrogen-bond donors (Lipinski definition) is 1. The van der Waals surface area contributed by atoms with Crippen molar-refractivity contribution in [2.24, 2.45) is 7.05 Å². The van der Waals surface area contributed by atoms with Gasteiger partial charge in [0.25, 0.3) is 5.91 Å². The van der Waals surface area contributed by atoms with Crippen molar-refractivity contribution in [3.05, 3.63) is 22.7 Å². The molecule has 0 spiro atoms. The van der Waals surface area contributed by atoms with Gasteiger partial charge >= 0.3 is 0 Å². The summed E-state index contributed by atoms with van der Waals surface area (Å²) in [6.07, 6.45) is 3.85.